The fourth-order valence-electron chi connectivity index (χ4n) is 1.68. The quantitative estimate of drug-likeness (QED) is 0.824. The Balaban J connectivity index is 2.07. The van der Waals surface area contributed by atoms with Gasteiger partial charge in [-0.25, -0.2) is 0 Å². The minimum atomic E-state index is -0.853. The summed E-state index contributed by atoms with van der Waals surface area (Å²) in [7, 11) is 0. The van der Waals surface area contributed by atoms with Gasteiger partial charge in [0, 0.05) is 5.69 Å². The van der Waals surface area contributed by atoms with Gasteiger partial charge in [0.2, 0.25) is 5.13 Å². The van der Waals surface area contributed by atoms with Gasteiger partial charge in [-0.1, -0.05) is 29.2 Å². The number of carboxylic acids is 1. The number of anilines is 2. The molecule has 7 heteroatoms. The number of aromatic nitrogens is 2. The van der Waals surface area contributed by atoms with Crippen LogP contribution in [0.3, 0.4) is 0 Å². The van der Waals surface area contributed by atoms with Crippen molar-refractivity contribution in [2.24, 2.45) is 0 Å². The summed E-state index contributed by atoms with van der Waals surface area (Å²) in [4.78, 5) is 10.8. The van der Waals surface area contributed by atoms with E-state index in [1.165, 1.54) is 34.2 Å². The van der Waals surface area contributed by atoms with Crippen molar-refractivity contribution in [1.29, 1.82) is 0 Å². The number of thioether (sulfide) groups is 1. The van der Waals surface area contributed by atoms with Crippen LogP contribution in [-0.2, 0) is 4.79 Å². The van der Waals surface area contributed by atoms with E-state index in [9.17, 15) is 4.79 Å². The molecule has 0 amide bonds. The van der Waals surface area contributed by atoms with Gasteiger partial charge in [0.15, 0.2) is 4.34 Å². The average molecular weight is 309 g/mol. The van der Waals surface area contributed by atoms with Crippen molar-refractivity contribution in [3.63, 3.8) is 0 Å². The molecule has 1 atom stereocenters. The number of benzene rings is 1. The molecule has 20 heavy (non-hydrogen) atoms. The molecule has 0 radical (unpaired) electrons. The summed E-state index contributed by atoms with van der Waals surface area (Å²) in [6.45, 7) is 5.70. The summed E-state index contributed by atoms with van der Waals surface area (Å²) < 4.78 is 0.645. The maximum absolute atomic E-state index is 10.8. The Hall–Kier alpha value is -1.60. The predicted octanol–water partition coefficient (Wildman–Crippen LogP) is 3.46. The highest BCUT2D eigenvalue weighted by molar-refractivity contribution is 8.02. The van der Waals surface area contributed by atoms with Gasteiger partial charge in [0.1, 0.15) is 5.25 Å². The molecule has 2 N–H and O–H groups in total. The number of rotatable bonds is 5. The third kappa shape index (κ3) is 3.94. The Morgan fingerprint density at radius 3 is 2.55 bits per heavy atom. The standard InChI is InChI=1S/C13H15N3O2S2/c1-7-4-8(2)6-10(5-7)14-12-15-16-13(20-12)19-9(3)11(17)18/h4-6,9H,1-3H3,(H,14,15)(H,17,18)/t9-/m0/s1. The maximum Gasteiger partial charge on any atom is 0.316 e. The van der Waals surface area contributed by atoms with E-state index in [-0.39, 0.29) is 0 Å². The Bertz CT molecular complexity index is 608. The van der Waals surface area contributed by atoms with Gasteiger partial charge in [-0.2, -0.15) is 0 Å². The molecule has 0 spiro atoms. The van der Waals surface area contributed by atoms with Crippen molar-refractivity contribution in [2.75, 3.05) is 5.32 Å². The molecule has 0 saturated carbocycles. The van der Waals surface area contributed by atoms with Crippen LogP contribution in [0, 0.1) is 13.8 Å². The zero-order valence-corrected chi connectivity index (χ0v) is 13.0. The van der Waals surface area contributed by atoms with Gasteiger partial charge < -0.3 is 10.4 Å². The van der Waals surface area contributed by atoms with E-state index in [1.54, 1.807) is 6.92 Å². The molecule has 5 nitrogen and oxygen atoms in total. The van der Waals surface area contributed by atoms with Crippen LogP contribution in [-0.4, -0.2) is 26.5 Å². The Morgan fingerprint density at radius 2 is 1.95 bits per heavy atom. The number of nitrogens with zero attached hydrogens (tertiary/aromatic N) is 2. The molecule has 0 aliphatic carbocycles. The van der Waals surface area contributed by atoms with E-state index >= 15 is 0 Å². The SMILES string of the molecule is Cc1cc(C)cc(Nc2nnc(S[C@@H](C)C(=O)O)s2)c1. The van der Waals surface area contributed by atoms with E-state index in [0.29, 0.717) is 9.47 Å². The van der Waals surface area contributed by atoms with Crippen molar-refractivity contribution < 1.29 is 9.90 Å². The van der Waals surface area contributed by atoms with Crippen LogP contribution in [0.4, 0.5) is 10.8 Å². The van der Waals surface area contributed by atoms with E-state index in [2.05, 4.69) is 21.6 Å². The molecule has 0 fully saturated rings. The van der Waals surface area contributed by atoms with Gasteiger partial charge >= 0.3 is 5.97 Å². The van der Waals surface area contributed by atoms with E-state index in [0.717, 1.165) is 5.69 Å². The highest BCUT2D eigenvalue weighted by Crippen LogP contribution is 2.30. The fraction of sp³-hybridized carbons (Fsp3) is 0.308. The summed E-state index contributed by atoms with van der Waals surface area (Å²) >= 11 is 2.55. The molecule has 0 aliphatic heterocycles. The molecule has 0 unspecified atom stereocenters. The van der Waals surface area contributed by atoms with Crippen molar-refractivity contribution in [1.82, 2.24) is 10.2 Å². The fourth-order valence-corrected chi connectivity index (χ4v) is 3.53. The van der Waals surface area contributed by atoms with Gasteiger partial charge in [0.25, 0.3) is 0 Å². The number of aryl methyl sites for hydroxylation is 2. The maximum atomic E-state index is 10.8. The molecule has 1 heterocycles. The minimum Gasteiger partial charge on any atom is -0.480 e. The average Bonchev–Trinajstić information content (AvgIpc) is 2.74. The summed E-state index contributed by atoms with van der Waals surface area (Å²) in [5.74, 6) is -0.853. The van der Waals surface area contributed by atoms with Crippen LogP contribution < -0.4 is 5.32 Å². The molecular weight excluding hydrogens is 294 g/mol. The monoisotopic (exact) mass is 309 g/mol. The molecule has 0 aliphatic rings. The van der Waals surface area contributed by atoms with E-state index < -0.39 is 11.2 Å². The lowest BCUT2D eigenvalue weighted by Crippen LogP contribution is -2.10. The third-order valence-electron chi connectivity index (χ3n) is 2.50. The molecular formula is C13H15N3O2S2. The highest BCUT2D eigenvalue weighted by Gasteiger charge is 2.15. The van der Waals surface area contributed by atoms with Crippen molar-refractivity contribution in [3.05, 3.63) is 29.3 Å². The van der Waals surface area contributed by atoms with Gasteiger partial charge in [0.05, 0.1) is 0 Å². The second-order valence-electron chi connectivity index (χ2n) is 4.47. The first-order chi connectivity index (χ1) is 9.44. The second-order valence-corrected chi connectivity index (χ2v) is 7.04. The van der Waals surface area contributed by atoms with E-state index in [1.807, 2.05) is 26.0 Å². The third-order valence-corrected chi connectivity index (χ3v) is 4.52. The van der Waals surface area contributed by atoms with Crippen molar-refractivity contribution >= 4 is 39.9 Å². The predicted molar refractivity (Wildman–Crippen MR) is 82.1 cm³/mol. The molecule has 1 aromatic heterocycles. The van der Waals surface area contributed by atoms with Crippen LogP contribution in [0.15, 0.2) is 22.5 Å². The zero-order valence-electron chi connectivity index (χ0n) is 11.4. The van der Waals surface area contributed by atoms with Crippen molar-refractivity contribution in [2.45, 2.75) is 30.4 Å². The summed E-state index contributed by atoms with van der Waals surface area (Å²) in [6, 6.07) is 6.16. The molecule has 0 bridgehead atoms. The Labute approximate surface area is 125 Å². The number of nitrogens with one attached hydrogen (secondary N) is 1. The number of carbonyl (C=O) groups is 1. The first kappa shape index (κ1) is 14.8. The second kappa shape index (κ2) is 6.23. The zero-order chi connectivity index (χ0) is 14.7. The van der Waals surface area contributed by atoms with Crippen LogP contribution >= 0.6 is 23.1 Å². The number of hydrogen-bond acceptors (Lipinski definition) is 6. The molecule has 1 aromatic carbocycles. The lowest BCUT2D eigenvalue weighted by atomic mass is 10.1. The van der Waals surface area contributed by atoms with Gasteiger partial charge in [-0.05, 0) is 44.0 Å². The first-order valence-corrected chi connectivity index (χ1v) is 7.72. The lowest BCUT2D eigenvalue weighted by Gasteiger charge is -2.04. The first-order valence-electron chi connectivity index (χ1n) is 6.02. The molecule has 106 valence electrons. The number of hydrogen-bond donors (Lipinski definition) is 2. The minimum absolute atomic E-state index is 0.531. The van der Waals surface area contributed by atoms with Gasteiger partial charge in [-0.3, -0.25) is 4.79 Å². The van der Waals surface area contributed by atoms with Crippen LogP contribution in [0.1, 0.15) is 18.1 Å². The lowest BCUT2D eigenvalue weighted by molar-refractivity contribution is -0.136. The molecule has 2 rings (SSSR count). The smallest absolute Gasteiger partial charge is 0.316 e. The van der Waals surface area contributed by atoms with Gasteiger partial charge in [-0.15, -0.1) is 10.2 Å². The highest BCUT2D eigenvalue weighted by atomic mass is 32.2. The number of carboxylic acid groups (broad SMARTS) is 1. The normalized spacial score (nSPS) is 12.2. The molecule has 2 aromatic rings. The number of aliphatic carboxylic acids is 1. The van der Waals surface area contributed by atoms with Crippen molar-refractivity contribution in [3.8, 4) is 0 Å². The Kier molecular flexibility index (Phi) is 4.61. The van der Waals surface area contributed by atoms with E-state index in [4.69, 9.17) is 5.11 Å². The molecule has 0 saturated heterocycles. The summed E-state index contributed by atoms with van der Waals surface area (Å²) in [5, 5.41) is 20.2. The summed E-state index contributed by atoms with van der Waals surface area (Å²) in [6.07, 6.45) is 0. The largest absolute Gasteiger partial charge is 0.480 e. The van der Waals surface area contributed by atoms with Crippen LogP contribution in [0.25, 0.3) is 0 Å². The topological polar surface area (TPSA) is 75.1 Å². The Morgan fingerprint density at radius 1 is 1.30 bits per heavy atom. The summed E-state index contributed by atoms with van der Waals surface area (Å²) in [5.41, 5.74) is 3.30. The van der Waals surface area contributed by atoms with Crippen LogP contribution in [0.5, 0.6) is 0 Å². The van der Waals surface area contributed by atoms with Crippen LogP contribution in [0.2, 0.25) is 0 Å².